The Labute approximate surface area is 96.9 Å². The normalized spacial score (nSPS) is 8.67. The Morgan fingerprint density at radius 3 is 2.27 bits per heavy atom. The highest BCUT2D eigenvalue weighted by atomic mass is 35.5. The van der Waals surface area contributed by atoms with E-state index in [1.807, 2.05) is 63.5 Å². The van der Waals surface area contributed by atoms with Crippen LogP contribution in [0.25, 0.3) is 5.65 Å². The molecule has 0 aliphatic rings. The lowest BCUT2D eigenvalue weighted by atomic mass is 10.5. The van der Waals surface area contributed by atoms with Gasteiger partial charge in [0.15, 0.2) is 0 Å². The number of pyridine rings is 1. The fourth-order valence-corrected chi connectivity index (χ4v) is 1.26. The highest BCUT2D eigenvalue weighted by Gasteiger charge is 1.95. The Morgan fingerprint density at radius 2 is 1.67 bits per heavy atom. The zero-order valence-electron chi connectivity index (χ0n) is 10.1. The van der Waals surface area contributed by atoms with Gasteiger partial charge in [0.05, 0.1) is 10.7 Å². The molecule has 3 heteroatoms. The average molecular weight is 227 g/mol. The van der Waals surface area contributed by atoms with Crippen molar-refractivity contribution in [2.24, 2.45) is 0 Å². The average Bonchev–Trinajstić information content (AvgIpc) is 2.63. The van der Waals surface area contributed by atoms with E-state index in [9.17, 15) is 0 Å². The van der Waals surface area contributed by atoms with Crippen LogP contribution < -0.4 is 0 Å². The minimum Gasteiger partial charge on any atom is -0.305 e. The van der Waals surface area contributed by atoms with E-state index in [2.05, 4.69) is 4.98 Å². The molecule has 84 valence electrons. The Kier molecular flexibility index (Phi) is 6.80. The summed E-state index contributed by atoms with van der Waals surface area (Å²) in [6.45, 7) is 9.96. The van der Waals surface area contributed by atoms with Gasteiger partial charge in [-0.3, -0.25) is 0 Å². The molecule has 2 rings (SSSR count). The van der Waals surface area contributed by atoms with Crippen molar-refractivity contribution < 1.29 is 0 Å². The highest BCUT2D eigenvalue weighted by molar-refractivity contribution is 6.30. The number of nitrogens with zero attached hydrogens (tertiary/aromatic N) is 2. The maximum atomic E-state index is 5.78. The van der Waals surface area contributed by atoms with Crippen molar-refractivity contribution >= 4 is 17.2 Å². The fraction of sp³-hybridized carbons (Fsp3) is 0.417. The molecule has 2 nitrogen and oxygen atoms in total. The van der Waals surface area contributed by atoms with Crippen LogP contribution in [0.15, 0.2) is 24.5 Å². The van der Waals surface area contributed by atoms with E-state index in [1.54, 1.807) is 0 Å². The van der Waals surface area contributed by atoms with Gasteiger partial charge < -0.3 is 4.40 Å². The summed E-state index contributed by atoms with van der Waals surface area (Å²) in [4.78, 5) is 4.26. The summed E-state index contributed by atoms with van der Waals surface area (Å²) in [5.74, 6) is 0. The number of aromatic nitrogens is 2. The van der Waals surface area contributed by atoms with Gasteiger partial charge in [-0.15, -0.1) is 0 Å². The molecule has 2 heterocycles. The molecule has 0 unspecified atom stereocenters. The monoisotopic (exact) mass is 226 g/mol. The minimum atomic E-state index is 0.731. The van der Waals surface area contributed by atoms with E-state index in [4.69, 9.17) is 11.6 Å². The molecule has 0 fully saturated rings. The molecule has 0 radical (unpaired) electrons. The van der Waals surface area contributed by atoms with Gasteiger partial charge >= 0.3 is 0 Å². The van der Waals surface area contributed by atoms with Crippen molar-refractivity contribution in [3.8, 4) is 0 Å². The summed E-state index contributed by atoms with van der Waals surface area (Å²) in [5.41, 5.74) is 1.94. The molecular formula is C12H19ClN2. The molecule has 0 N–H and O–H groups in total. The lowest BCUT2D eigenvalue weighted by Crippen LogP contribution is -1.79. The largest absolute Gasteiger partial charge is 0.305 e. The topological polar surface area (TPSA) is 17.3 Å². The summed E-state index contributed by atoms with van der Waals surface area (Å²) in [5, 5.41) is 0.731. The number of hydrogen-bond acceptors (Lipinski definition) is 1. The van der Waals surface area contributed by atoms with Gasteiger partial charge in [0.25, 0.3) is 0 Å². The van der Waals surface area contributed by atoms with E-state index in [0.717, 1.165) is 16.4 Å². The minimum absolute atomic E-state index is 0.731. The van der Waals surface area contributed by atoms with Crippen molar-refractivity contribution in [1.82, 2.24) is 9.38 Å². The second-order valence-corrected chi connectivity index (χ2v) is 2.93. The second kappa shape index (κ2) is 7.30. The summed E-state index contributed by atoms with van der Waals surface area (Å²) in [6, 6.07) is 3.73. The number of halogens is 1. The quantitative estimate of drug-likeness (QED) is 0.653. The third-order valence-corrected chi connectivity index (χ3v) is 1.76. The number of rotatable bonds is 0. The van der Waals surface area contributed by atoms with Gasteiger partial charge in [0.2, 0.25) is 0 Å². The van der Waals surface area contributed by atoms with E-state index in [-0.39, 0.29) is 0 Å². The first-order chi connectivity index (χ1) is 7.25. The molecule has 0 spiro atoms. The first-order valence-corrected chi connectivity index (χ1v) is 5.74. The van der Waals surface area contributed by atoms with Crippen LogP contribution in [0.1, 0.15) is 33.4 Å². The molecule has 0 aromatic carbocycles. The standard InChI is InChI=1S/C8H7ClN2.2C2H6/c1-6-4-11-5-7(9)2-3-8(11)10-6;2*1-2/h2-5H,1H3;2*1-2H3. The van der Waals surface area contributed by atoms with E-state index < -0.39 is 0 Å². The zero-order valence-corrected chi connectivity index (χ0v) is 10.8. The van der Waals surface area contributed by atoms with Gasteiger partial charge in [-0.05, 0) is 19.1 Å². The summed E-state index contributed by atoms with van der Waals surface area (Å²) in [7, 11) is 0. The molecule has 0 saturated heterocycles. The zero-order chi connectivity index (χ0) is 11.8. The number of imidazole rings is 1. The van der Waals surface area contributed by atoms with Crippen LogP contribution in [0.3, 0.4) is 0 Å². The fourth-order valence-electron chi connectivity index (χ4n) is 1.09. The van der Waals surface area contributed by atoms with Gasteiger partial charge in [-0.1, -0.05) is 39.3 Å². The molecule has 0 aliphatic heterocycles. The maximum absolute atomic E-state index is 5.78. The lowest BCUT2D eigenvalue weighted by Gasteiger charge is -1.91. The van der Waals surface area contributed by atoms with Gasteiger partial charge in [-0.25, -0.2) is 4.98 Å². The maximum Gasteiger partial charge on any atom is 0.137 e. The molecule has 15 heavy (non-hydrogen) atoms. The smallest absolute Gasteiger partial charge is 0.137 e. The Balaban J connectivity index is 0.000000442. The number of fused-ring (bicyclic) bond motifs is 1. The van der Waals surface area contributed by atoms with Crippen molar-refractivity contribution in [3.05, 3.63) is 35.2 Å². The molecule has 2 aromatic heterocycles. The molecule has 0 bridgehead atoms. The van der Waals surface area contributed by atoms with Crippen molar-refractivity contribution in [2.75, 3.05) is 0 Å². The van der Waals surface area contributed by atoms with Crippen LogP contribution in [0, 0.1) is 6.92 Å². The predicted molar refractivity (Wildman–Crippen MR) is 67.6 cm³/mol. The molecule has 0 saturated carbocycles. The Bertz CT molecular complexity index is 393. The van der Waals surface area contributed by atoms with Crippen LogP contribution in [0.2, 0.25) is 5.02 Å². The third kappa shape index (κ3) is 3.92. The van der Waals surface area contributed by atoms with Crippen LogP contribution in [0.4, 0.5) is 0 Å². The molecule has 0 aliphatic carbocycles. The number of hydrogen-bond donors (Lipinski definition) is 0. The SMILES string of the molecule is CC.CC.Cc1cn2cc(Cl)ccc2n1. The summed E-state index contributed by atoms with van der Waals surface area (Å²) in [6.07, 6.45) is 3.79. The van der Waals surface area contributed by atoms with Crippen LogP contribution in [0.5, 0.6) is 0 Å². The summed E-state index contributed by atoms with van der Waals surface area (Å²) < 4.78 is 1.91. The Morgan fingerprint density at radius 1 is 1.07 bits per heavy atom. The molecule has 0 atom stereocenters. The van der Waals surface area contributed by atoms with Gasteiger partial charge in [0, 0.05) is 12.4 Å². The van der Waals surface area contributed by atoms with Crippen molar-refractivity contribution in [3.63, 3.8) is 0 Å². The van der Waals surface area contributed by atoms with Crippen molar-refractivity contribution in [2.45, 2.75) is 34.6 Å². The molecular weight excluding hydrogens is 208 g/mol. The lowest BCUT2D eigenvalue weighted by molar-refractivity contribution is 1.18. The van der Waals surface area contributed by atoms with E-state index in [1.165, 1.54) is 0 Å². The number of aryl methyl sites for hydroxylation is 1. The van der Waals surface area contributed by atoms with E-state index >= 15 is 0 Å². The first-order valence-electron chi connectivity index (χ1n) is 5.36. The second-order valence-electron chi connectivity index (χ2n) is 2.50. The molecule has 2 aromatic rings. The first kappa shape index (κ1) is 14.0. The van der Waals surface area contributed by atoms with Gasteiger partial charge in [-0.2, -0.15) is 0 Å². The van der Waals surface area contributed by atoms with Crippen LogP contribution in [-0.4, -0.2) is 9.38 Å². The van der Waals surface area contributed by atoms with Gasteiger partial charge in [0.1, 0.15) is 5.65 Å². The summed E-state index contributed by atoms with van der Waals surface area (Å²) >= 11 is 5.78. The van der Waals surface area contributed by atoms with Crippen LogP contribution in [-0.2, 0) is 0 Å². The van der Waals surface area contributed by atoms with Crippen LogP contribution >= 0.6 is 11.6 Å². The Hall–Kier alpha value is -1.02. The molecule has 0 amide bonds. The predicted octanol–water partition coefficient (Wildman–Crippen LogP) is 4.35. The highest BCUT2D eigenvalue weighted by Crippen LogP contribution is 2.10. The third-order valence-electron chi connectivity index (χ3n) is 1.54. The van der Waals surface area contributed by atoms with E-state index in [0.29, 0.717) is 0 Å². The van der Waals surface area contributed by atoms with Crippen molar-refractivity contribution in [1.29, 1.82) is 0 Å².